The van der Waals surface area contributed by atoms with Gasteiger partial charge in [0.15, 0.2) is 0 Å². The number of hydrogen-bond donors (Lipinski definition) is 2. The number of carboxylic acid groups (broad SMARTS) is 1. The minimum absolute atomic E-state index is 0.0295. The quantitative estimate of drug-likeness (QED) is 0.851. The van der Waals surface area contributed by atoms with Gasteiger partial charge in [-0.3, -0.25) is 9.59 Å². The fourth-order valence-electron chi connectivity index (χ4n) is 2.34. The Balaban J connectivity index is 2.17. The molecule has 1 fully saturated rings. The molecule has 5 heteroatoms. The smallest absolute Gasteiger partial charge is 0.305 e. The molecule has 0 aliphatic carbocycles. The number of carbonyl (C=O) groups excluding carboxylic acids is 1. The van der Waals surface area contributed by atoms with Crippen LogP contribution in [0.1, 0.15) is 23.7 Å². The van der Waals surface area contributed by atoms with E-state index < -0.39 is 5.97 Å². The first-order valence-electron chi connectivity index (χ1n) is 6.39. The van der Waals surface area contributed by atoms with Crippen molar-refractivity contribution in [2.75, 3.05) is 13.1 Å². The van der Waals surface area contributed by atoms with Gasteiger partial charge in [0.05, 0.1) is 12.5 Å². The van der Waals surface area contributed by atoms with E-state index in [4.69, 9.17) is 5.11 Å². The second-order valence-electron chi connectivity index (χ2n) is 4.88. The third-order valence-electron chi connectivity index (χ3n) is 3.31. The average Bonchev–Trinajstić information content (AvgIpc) is 2.40. The van der Waals surface area contributed by atoms with Crippen LogP contribution < -0.4 is 5.32 Å². The van der Waals surface area contributed by atoms with E-state index in [0.29, 0.717) is 18.7 Å². The normalized spacial score (nSPS) is 23.1. The maximum absolute atomic E-state index is 12.4. The predicted octanol–water partition coefficient (Wildman–Crippen LogP) is 0.964. The van der Waals surface area contributed by atoms with Gasteiger partial charge in [0.1, 0.15) is 0 Å². The summed E-state index contributed by atoms with van der Waals surface area (Å²) in [7, 11) is 0. The van der Waals surface area contributed by atoms with Gasteiger partial charge in [0, 0.05) is 24.7 Å². The molecule has 102 valence electrons. The molecule has 0 bridgehead atoms. The van der Waals surface area contributed by atoms with Crippen molar-refractivity contribution in [3.63, 3.8) is 0 Å². The Hall–Kier alpha value is -1.88. The van der Waals surface area contributed by atoms with Crippen molar-refractivity contribution in [1.82, 2.24) is 10.2 Å². The summed E-state index contributed by atoms with van der Waals surface area (Å²) in [6, 6.07) is 8.88. The Morgan fingerprint density at radius 3 is 2.68 bits per heavy atom. The minimum Gasteiger partial charge on any atom is -0.481 e. The maximum atomic E-state index is 12.4. The highest BCUT2D eigenvalue weighted by atomic mass is 16.4. The van der Waals surface area contributed by atoms with Crippen LogP contribution in [0.5, 0.6) is 0 Å². The van der Waals surface area contributed by atoms with Gasteiger partial charge in [-0.2, -0.15) is 0 Å². The van der Waals surface area contributed by atoms with Gasteiger partial charge in [0.25, 0.3) is 5.91 Å². The molecule has 0 saturated carbocycles. The summed E-state index contributed by atoms with van der Waals surface area (Å²) in [4.78, 5) is 25.0. The predicted molar refractivity (Wildman–Crippen MR) is 71.0 cm³/mol. The number of rotatable bonds is 3. The van der Waals surface area contributed by atoms with Gasteiger partial charge in [-0.05, 0) is 19.1 Å². The molecule has 1 aromatic rings. The van der Waals surface area contributed by atoms with Crippen LogP contribution in [0.2, 0.25) is 0 Å². The third-order valence-corrected chi connectivity index (χ3v) is 3.31. The lowest BCUT2D eigenvalue weighted by Gasteiger charge is -2.38. The molecule has 0 spiro atoms. The van der Waals surface area contributed by atoms with Crippen LogP contribution in [0, 0.1) is 0 Å². The van der Waals surface area contributed by atoms with E-state index in [0.717, 1.165) is 0 Å². The first kappa shape index (κ1) is 13.5. The average molecular weight is 262 g/mol. The van der Waals surface area contributed by atoms with Crippen molar-refractivity contribution in [1.29, 1.82) is 0 Å². The molecule has 1 amide bonds. The second kappa shape index (κ2) is 5.84. The molecule has 2 rings (SSSR count). The molecule has 0 unspecified atom stereocenters. The molecule has 5 nitrogen and oxygen atoms in total. The second-order valence-corrected chi connectivity index (χ2v) is 4.88. The van der Waals surface area contributed by atoms with Gasteiger partial charge >= 0.3 is 5.97 Å². The van der Waals surface area contributed by atoms with Gasteiger partial charge in [-0.1, -0.05) is 18.2 Å². The van der Waals surface area contributed by atoms with Gasteiger partial charge < -0.3 is 15.3 Å². The number of hydrogen-bond acceptors (Lipinski definition) is 3. The van der Waals surface area contributed by atoms with Crippen molar-refractivity contribution in [3.8, 4) is 0 Å². The number of nitrogens with one attached hydrogen (secondary N) is 1. The molecule has 1 saturated heterocycles. The van der Waals surface area contributed by atoms with Crippen molar-refractivity contribution in [3.05, 3.63) is 35.9 Å². The number of benzene rings is 1. The molecule has 0 aromatic heterocycles. The highest BCUT2D eigenvalue weighted by Gasteiger charge is 2.31. The first-order valence-corrected chi connectivity index (χ1v) is 6.39. The number of nitrogens with zero attached hydrogens (tertiary/aromatic N) is 1. The number of carboxylic acids is 1. The van der Waals surface area contributed by atoms with E-state index in [2.05, 4.69) is 5.32 Å². The van der Waals surface area contributed by atoms with E-state index in [1.807, 2.05) is 25.1 Å². The summed E-state index contributed by atoms with van der Waals surface area (Å²) in [6.45, 7) is 3.04. The number of piperazine rings is 1. The van der Waals surface area contributed by atoms with Crippen LogP contribution >= 0.6 is 0 Å². The third kappa shape index (κ3) is 3.32. The van der Waals surface area contributed by atoms with Gasteiger partial charge in [-0.25, -0.2) is 0 Å². The molecule has 1 aromatic carbocycles. The van der Waals surface area contributed by atoms with E-state index in [1.165, 1.54) is 0 Å². The summed E-state index contributed by atoms with van der Waals surface area (Å²) < 4.78 is 0. The van der Waals surface area contributed by atoms with Crippen LogP contribution in [0.25, 0.3) is 0 Å². The van der Waals surface area contributed by atoms with E-state index in [1.54, 1.807) is 17.0 Å². The lowest BCUT2D eigenvalue weighted by molar-refractivity contribution is -0.138. The van der Waals surface area contributed by atoms with Crippen LogP contribution in [0.15, 0.2) is 30.3 Å². The van der Waals surface area contributed by atoms with E-state index in [-0.39, 0.29) is 24.4 Å². The molecule has 2 atom stereocenters. The molecular weight excluding hydrogens is 244 g/mol. The SMILES string of the molecule is C[C@@H]1CN(C(=O)c2ccccc2)[C@H](CC(=O)O)CN1. The van der Waals surface area contributed by atoms with Crippen LogP contribution in [-0.4, -0.2) is 47.1 Å². The van der Waals surface area contributed by atoms with E-state index >= 15 is 0 Å². The summed E-state index contributed by atoms with van der Waals surface area (Å²) in [5.74, 6) is -0.979. The fraction of sp³-hybridized carbons (Fsp3) is 0.429. The zero-order chi connectivity index (χ0) is 13.8. The van der Waals surface area contributed by atoms with Crippen molar-refractivity contribution < 1.29 is 14.7 Å². The summed E-state index contributed by atoms with van der Waals surface area (Å²) in [5, 5.41) is 12.2. The summed E-state index contributed by atoms with van der Waals surface area (Å²) in [5.41, 5.74) is 0.604. The number of carbonyl (C=O) groups is 2. The largest absolute Gasteiger partial charge is 0.481 e. The Morgan fingerprint density at radius 2 is 2.05 bits per heavy atom. The Labute approximate surface area is 112 Å². The Bertz CT molecular complexity index is 461. The van der Waals surface area contributed by atoms with Crippen LogP contribution in [-0.2, 0) is 4.79 Å². The van der Waals surface area contributed by atoms with Crippen molar-refractivity contribution >= 4 is 11.9 Å². The van der Waals surface area contributed by atoms with Crippen LogP contribution in [0.3, 0.4) is 0 Å². The topological polar surface area (TPSA) is 69.6 Å². The van der Waals surface area contributed by atoms with Crippen molar-refractivity contribution in [2.24, 2.45) is 0 Å². The van der Waals surface area contributed by atoms with Gasteiger partial charge in [-0.15, -0.1) is 0 Å². The molecule has 1 aliphatic heterocycles. The van der Waals surface area contributed by atoms with Crippen LogP contribution in [0.4, 0.5) is 0 Å². The highest BCUT2D eigenvalue weighted by Crippen LogP contribution is 2.15. The van der Waals surface area contributed by atoms with Crippen molar-refractivity contribution in [2.45, 2.75) is 25.4 Å². The number of aliphatic carboxylic acids is 1. The van der Waals surface area contributed by atoms with E-state index in [9.17, 15) is 9.59 Å². The molecule has 2 N–H and O–H groups in total. The zero-order valence-corrected chi connectivity index (χ0v) is 10.9. The molecule has 19 heavy (non-hydrogen) atoms. The Kier molecular flexibility index (Phi) is 4.16. The number of amides is 1. The lowest BCUT2D eigenvalue weighted by Crippen LogP contribution is -2.57. The molecule has 0 radical (unpaired) electrons. The standard InChI is InChI=1S/C14H18N2O3/c1-10-9-16(12(8-15-10)7-13(17)18)14(19)11-5-3-2-4-6-11/h2-6,10,12,15H,7-9H2,1H3,(H,17,18)/t10-,12-/m1/s1. The minimum atomic E-state index is -0.882. The Morgan fingerprint density at radius 1 is 1.37 bits per heavy atom. The van der Waals surface area contributed by atoms with Gasteiger partial charge in [0.2, 0.25) is 0 Å². The summed E-state index contributed by atoms with van der Waals surface area (Å²) in [6.07, 6.45) is -0.0295. The molecule has 1 aliphatic rings. The summed E-state index contributed by atoms with van der Waals surface area (Å²) >= 11 is 0. The fourth-order valence-corrected chi connectivity index (χ4v) is 2.34. The zero-order valence-electron chi connectivity index (χ0n) is 10.9. The maximum Gasteiger partial charge on any atom is 0.305 e. The molecule has 1 heterocycles. The monoisotopic (exact) mass is 262 g/mol. The first-order chi connectivity index (χ1) is 9.08. The molecular formula is C14H18N2O3. The highest BCUT2D eigenvalue weighted by molar-refractivity contribution is 5.94. The lowest BCUT2D eigenvalue weighted by atomic mass is 10.0.